The van der Waals surface area contributed by atoms with E-state index in [1.165, 1.54) is 13.3 Å². The fourth-order valence-corrected chi connectivity index (χ4v) is 5.04. The predicted molar refractivity (Wildman–Crippen MR) is 135 cm³/mol. The molecule has 4 rings (SSSR count). The molecule has 2 heterocycles. The second-order valence-electron chi connectivity index (χ2n) is 9.32. The average Bonchev–Trinajstić information content (AvgIpc) is 2.89. The highest BCUT2D eigenvalue weighted by atomic mass is 35.5. The van der Waals surface area contributed by atoms with Crippen LogP contribution in [0.3, 0.4) is 0 Å². The monoisotopic (exact) mass is 548 g/mol. The van der Waals surface area contributed by atoms with Crippen molar-refractivity contribution in [2.24, 2.45) is 5.41 Å². The molecule has 1 N–H and O–H groups in total. The number of halogens is 5. The third-order valence-corrected chi connectivity index (χ3v) is 7.35. The Kier molecular flexibility index (Phi) is 8.44. The van der Waals surface area contributed by atoms with E-state index in [1.54, 1.807) is 18.2 Å². The van der Waals surface area contributed by atoms with Gasteiger partial charge in [0.15, 0.2) is 0 Å². The zero-order chi connectivity index (χ0) is 27.4. The first-order valence-electron chi connectivity index (χ1n) is 12.0. The van der Waals surface area contributed by atoms with Crippen LogP contribution in [-0.2, 0) is 4.79 Å². The Balaban J connectivity index is 1.42. The van der Waals surface area contributed by atoms with E-state index in [2.05, 4.69) is 16.8 Å². The molecule has 1 aromatic heterocycles. The van der Waals surface area contributed by atoms with Gasteiger partial charge in [-0.05, 0) is 43.9 Å². The third-order valence-electron chi connectivity index (χ3n) is 7.05. The zero-order valence-electron chi connectivity index (χ0n) is 20.5. The molecule has 200 valence electrons. The molecule has 0 radical (unpaired) electrons. The molecule has 0 aliphatic carbocycles. The number of carboxylic acids is 1. The van der Waals surface area contributed by atoms with Crippen molar-refractivity contribution in [1.82, 2.24) is 9.88 Å². The van der Waals surface area contributed by atoms with Crippen LogP contribution in [0.1, 0.15) is 43.0 Å². The minimum atomic E-state index is -1.51. The van der Waals surface area contributed by atoms with E-state index < -0.39 is 40.6 Å². The molecule has 0 spiro atoms. The summed E-state index contributed by atoms with van der Waals surface area (Å²) in [6.45, 7) is 0.878. The lowest BCUT2D eigenvalue weighted by Crippen LogP contribution is -2.44. The highest BCUT2D eigenvalue weighted by molar-refractivity contribution is 6.32. The summed E-state index contributed by atoms with van der Waals surface area (Å²) in [5.74, 6) is 1.38. The Labute approximate surface area is 222 Å². The lowest BCUT2D eigenvalue weighted by Gasteiger charge is -2.38. The van der Waals surface area contributed by atoms with Gasteiger partial charge in [-0.1, -0.05) is 23.4 Å². The number of carboxylic acid groups (broad SMARTS) is 1. The zero-order valence-corrected chi connectivity index (χ0v) is 21.3. The van der Waals surface area contributed by atoms with Crippen LogP contribution in [0.4, 0.5) is 17.6 Å². The van der Waals surface area contributed by atoms with Crippen molar-refractivity contribution in [1.29, 1.82) is 0 Å². The van der Waals surface area contributed by atoms with Gasteiger partial charge in [-0.25, -0.2) is 17.6 Å². The van der Waals surface area contributed by atoms with Gasteiger partial charge in [-0.3, -0.25) is 14.7 Å². The first kappa shape index (κ1) is 27.7. The van der Waals surface area contributed by atoms with Gasteiger partial charge < -0.3 is 9.84 Å². The topological polar surface area (TPSA) is 62.7 Å². The molecule has 0 bridgehead atoms. The van der Waals surface area contributed by atoms with Crippen molar-refractivity contribution in [3.05, 3.63) is 70.1 Å². The average molecular weight is 549 g/mol. The number of pyridine rings is 1. The number of nitrogens with zero attached hydrogens (tertiary/aromatic N) is 2. The molecule has 2 aromatic carbocycles. The molecule has 0 amide bonds. The van der Waals surface area contributed by atoms with E-state index in [0.29, 0.717) is 41.9 Å². The van der Waals surface area contributed by atoms with E-state index in [1.807, 2.05) is 4.90 Å². The molecule has 1 fully saturated rings. The maximum Gasteiger partial charge on any atom is 0.309 e. The van der Waals surface area contributed by atoms with Gasteiger partial charge in [0.05, 0.1) is 35.2 Å². The van der Waals surface area contributed by atoms with Crippen LogP contribution in [0.5, 0.6) is 5.75 Å². The van der Waals surface area contributed by atoms with Crippen LogP contribution in [0.25, 0.3) is 10.9 Å². The van der Waals surface area contributed by atoms with E-state index in [4.69, 9.17) is 16.3 Å². The van der Waals surface area contributed by atoms with Crippen LogP contribution in [0.15, 0.2) is 36.5 Å². The standard InChI is InChI=1S/C28H25ClF4N2O3/c1-38-18-4-5-25-20(15-18)26(21(29)16-34-25)22(31)6-7-28(27(36)37)8-11-35(12-9-28)10-2-3-19-23(32)13-17(30)14-24(19)33/h4-5,13-16,22H,6-12H2,1H3,(H,36,37). The molecular weight excluding hydrogens is 524 g/mol. The summed E-state index contributed by atoms with van der Waals surface area (Å²) in [5.41, 5.74) is -0.840. The normalized spacial score (nSPS) is 16.1. The first-order valence-corrected chi connectivity index (χ1v) is 12.4. The number of piperidine rings is 1. The molecule has 5 nitrogen and oxygen atoms in total. The summed E-state index contributed by atoms with van der Waals surface area (Å²) in [5, 5.41) is 10.7. The van der Waals surface area contributed by atoms with Gasteiger partial charge in [-0.2, -0.15) is 0 Å². The number of carbonyl (C=O) groups is 1. The summed E-state index contributed by atoms with van der Waals surface area (Å²) in [6, 6.07) is 6.20. The van der Waals surface area contributed by atoms with Crippen LogP contribution in [0.2, 0.25) is 5.02 Å². The van der Waals surface area contributed by atoms with E-state index in [-0.39, 0.29) is 42.8 Å². The van der Waals surface area contributed by atoms with E-state index in [0.717, 1.165) is 0 Å². The van der Waals surface area contributed by atoms with Crippen molar-refractivity contribution < 1.29 is 32.2 Å². The van der Waals surface area contributed by atoms with Crippen LogP contribution >= 0.6 is 11.6 Å². The van der Waals surface area contributed by atoms with Crippen molar-refractivity contribution >= 4 is 28.5 Å². The molecule has 1 aliphatic heterocycles. The Morgan fingerprint density at radius 2 is 1.89 bits per heavy atom. The fraction of sp³-hybridized carbons (Fsp3) is 0.357. The molecule has 10 heteroatoms. The number of benzene rings is 2. The molecule has 1 unspecified atom stereocenters. The van der Waals surface area contributed by atoms with Crippen molar-refractivity contribution in [3.63, 3.8) is 0 Å². The SMILES string of the molecule is COc1ccc2ncc(Cl)c(C(F)CCC3(C(=O)O)CCN(CC#Cc4c(F)cc(F)cc4F)CC3)c2c1. The number of rotatable bonds is 7. The Bertz CT molecular complexity index is 1390. The fourth-order valence-electron chi connectivity index (χ4n) is 4.77. The van der Waals surface area contributed by atoms with Gasteiger partial charge >= 0.3 is 5.97 Å². The molecule has 1 aliphatic rings. The molecule has 1 atom stereocenters. The maximum absolute atomic E-state index is 15.6. The number of alkyl halides is 1. The van der Waals surface area contributed by atoms with E-state index in [9.17, 15) is 23.1 Å². The van der Waals surface area contributed by atoms with Crippen LogP contribution in [-0.4, -0.2) is 47.7 Å². The number of ether oxygens (including phenoxy) is 1. The number of hydrogen-bond acceptors (Lipinski definition) is 4. The number of aromatic nitrogens is 1. The quantitative estimate of drug-likeness (QED) is 0.276. The molecule has 38 heavy (non-hydrogen) atoms. The molecule has 0 saturated carbocycles. The number of fused-ring (bicyclic) bond motifs is 1. The molecule has 1 saturated heterocycles. The number of aliphatic carboxylic acids is 1. The van der Waals surface area contributed by atoms with Gasteiger partial charge in [0.1, 0.15) is 29.4 Å². The summed E-state index contributed by atoms with van der Waals surface area (Å²) in [6.07, 6.45) is 0.433. The number of likely N-dealkylation sites (tertiary alicyclic amines) is 1. The third kappa shape index (κ3) is 5.87. The summed E-state index contributed by atoms with van der Waals surface area (Å²) >= 11 is 6.31. The van der Waals surface area contributed by atoms with Crippen molar-refractivity contribution in [2.45, 2.75) is 31.9 Å². The minimum Gasteiger partial charge on any atom is -0.497 e. The van der Waals surface area contributed by atoms with Crippen molar-refractivity contribution in [2.75, 3.05) is 26.7 Å². The maximum atomic E-state index is 15.6. The van der Waals surface area contributed by atoms with Crippen LogP contribution < -0.4 is 4.74 Å². The summed E-state index contributed by atoms with van der Waals surface area (Å²) in [4.78, 5) is 18.4. The lowest BCUT2D eigenvalue weighted by atomic mass is 9.74. The highest BCUT2D eigenvalue weighted by Gasteiger charge is 2.41. The smallest absolute Gasteiger partial charge is 0.309 e. The molecule has 3 aromatic rings. The van der Waals surface area contributed by atoms with Gasteiger partial charge in [-0.15, -0.1) is 0 Å². The Morgan fingerprint density at radius 1 is 1.21 bits per heavy atom. The Hall–Kier alpha value is -3.35. The van der Waals surface area contributed by atoms with E-state index >= 15 is 4.39 Å². The van der Waals surface area contributed by atoms with Crippen LogP contribution in [0, 0.1) is 34.7 Å². The predicted octanol–water partition coefficient (Wildman–Crippen LogP) is 6.32. The largest absolute Gasteiger partial charge is 0.497 e. The second-order valence-corrected chi connectivity index (χ2v) is 9.72. The second kappa shape index (κ2) is 11.6. The van der Waals surface area contributed by atoms with Gasteiger partial charge in [0.25, 0.3) is 0 Å². The summed E-state index contributed by atoms with van der Waals surface area (Å²) in [7, 11) is 1.50. The number of methoxy groups -OCH3 is 1. The number of hydrogen-bond donors (Lipinski definition) is 1. The molecular formula is C28H25ClF4N2O3. The highest BCUT2D eigenvalue weighted by Crippen LogP contribution is 2.42. The minimum absolute atomic E-state index is 0.0503. The van der Waals surface area contributed by atoms with Gasteiger partial charge in [0, 0.05) is 42.4 Å². The van der Waals surface area contributed by atoms with Gasteiger partial charge in [0.2, 0.25) is 0 Å². The summed E-state index contributed by atoms with van der Waals surface area (Å²) < 4.78 is 61.5. The first-order chi connectivity index (χ1) is 18.1. The van der Waals surface area contributed by atoms with Crippen molar-refractivity contribution in [3.8, 4) is 17.6 Å². The lowest BCUT2D eigenvalue weighted by molar-refractivity contribution is -0.152. The Morgan fingerprint density at radius 3 is 2.53 bits per heavy atom.